The highest BCUT2D eigenvalue weighted by molar-refractivity contribution is 5.89. The topological polar surface area (TPSA) is 87.7 Å². The number of carbonyl (C=O) groups is 2. The number of hydrogen-bond acceptors (Lipinski definition) is 3. The molecule has 0 saturated heterocycles. The summed E-state index contributed by atoms with van der Waals surface area (Å²) in [4.78, 5) is 21.9. The van der Waals surface area contributed by atoms with E-state index in [0.717, 1.165) is 6.42 Å². The predicted molar refractivity (Wildman–Crippen MR) is 76.0 cm³/mol. The lowest BCUT2D eigenvalue weighted by atomic mass is 10.3. The van der Waals surface area contributed by atoms with Crippen LogP contribution in [0.25, 0.3) is 0 Å². The Kier molecular flexibility index (Phi) is 6.67. The molecule has 0 saturated carbocycles. The molecule has 0 unspecified atom stereocenters. The van der Waals surface area contributed by atoms with Crippen molar-refractivity contribution >= 4 is 17.7 Å². The molecular weight excluding hydrogens is 260 g/mol. The lowest BCUT2D eigenvalue weighted by Gasteiger charge is -2.08. The number of carboxylic acid groups (broad SMARTS) is 1. The first-order valence-electron chi connectivity index (χ1n) is 6.22. The largest absolute Gasteiger partial charge is 0.482 e. The number of ether oxygens (including phenoxy) is 1. The van der Waals surface area contributed by atoms with Crippen LogP contribution in [0.3, 0.4) is 0 Å². The molecule has 0 aliphatic rings. The normalized spacial score (nSPS) is 10.2. The summed E-state index contributed by atoms with van der Waals surface area (Å²) in [6, 6.07) is 6.19. The van der Waals surface area contributed by atoms with E-state index in [1.165, 1.54) is 0 Å². The first kappa shape index (κ1) is 15.6. The van der Waals surface area contributed by atoms with Crippen LogP contribution in [0.1, 0.15) is 13.3 Å². The standard InChI is InChI=1S/C14H18N2O4/c1-2-3-4-9-15-14(19)16-11-5-7-12(8-6-11)20-10-13(17)18/h2-3,5-8H,4,9-10H2,1H3,(H,17,18)(H2,15,16,19)/b3-2+. The smallest absolute Gasteiger partial charge is 0.341 e. The average Bonchev–Trinajstić information content (AvgIpc) is 2.43. The van der Waals surface area contributed by atoms with Gasteiger partial charge in [-0.05, 0) is 37.6 Å². The van der Waals surface area contributed by atoms with Gasteiger partial charge < -0.3 is 20.5 Å². The molecule has 0 aromatic heterocycles. The highest BCUT2D eigenvalue weighted by atomic mass is 16.5. The zero-order valence-electron chi connectivity index (χ0n) is 11.3. The van der Waals surface area contributed by atoms with E-state index in [-0.39, 0.29) is 6.03 Å². The molecule has 1 aromatic carbocycles. The van der Waals surface area contributed by atoms with Crippen molar-refractivity contribution in [3.05, 3.63) is 36.4 Å². The molecule has 108 valence electrons. The van der Waals surface area contributed by atoms with Crippen LogP contribution in [-0.2, 0) is 4.79 Å². The second kappa shape index (κ2) is 8.58. The number of urea groups is 1. The molecule has 0 radical (unpaired) electrons. The lowest BCUT2D eigenvalue weighted by Crippen LogP contribution is -2.29. The number of aliphatic carboxylic acids is 1. The van der Waals surface area contributed by atoms with Gasteiger partial charge in [-0.1, -0.05) is 12.2 Å². The highest BCUT2D eigenvalue weighted by Gasteiger charge is 2.02. The Hall–Kier alpha value is -2.50. The minimum absolute atomic E-state index is 0.284. The summed E-state index contributed by atoms with van der Waals surface area (Å²) < 4.78 is 4.98. The van der Waals surface area contributed by atoms with Crippen molar-refractivity contribution in [1.82, 2.24) is 5.32 Å². The maximum absolute atomic E-state index is 11.5. The second-order valence-corrected chi connectivity index (χ2v) is 3.95. The van der Waals surface area contributed by atoms with Gasteiger partial charge in [-0.3, -0.25) is 0 Å². The van der Waals surface area contributed by atoms with Crippen LogP contribution in [0, 0.1) is 0 Å². The number of carboxylic acids is 1. The van der Waals surface area contributed by atoms with E-state index in [9.17, 15) is 9.59 Å². The van der Waals surface area contributed by atoms with Crippen LogP contribution in [0.4, 0.5) is 10.5 Å². The fraction of sp³-hybridized carbons (Fsp3) is 0.286. The fourth-order valence-corrected chi connectivity index (χ4v) is 1.39. The van der Waals surface area contributed by atoms with Crippen molar-refractivity contribution in [3.8, 4) is 5.75 Å². The molecule has 0 aliphatic carbocycles. The average molecular weight is 278 g/mol. The zero-order chi connectivity index (χ0) is 14.8. The molecule has 6 nitrogen and oxygen atoms in total. The molecule has 0 spiro atoms. The molecule has 0 atom stereocenters. The molecule has 2 amide bonds. The first-order chi connectivity index (χ1) is 9.61. The van der Waals surface area contributed by atoms with Crippen molar-refractivity contribution in [2.75, 3.05) is 18.5 Å². The minimum Gasteiger partial charge on any atom is -0.482 e. The quantitative estimate of drug-likeness (QED) is 0.527. The summed E-state index contributed by atoms with van der Waals surface area (Å²) in [5.74, 6) is -0.598. The fourth-order valence-electron chi connectivity index (χ4n) is 1.39. The number of anilines is 1. The number of rotatable bonds is 7. The Bertz CT molecular complexity index is 469. The third-order valence-electron chi connectivity index (χ3n) is 2.31. The summed E-state index contributed by atoms with van der Waals surface area (Å²) in [5.41, 5.74) is 0.608. The van der Waals surface area contributed by atoms with Gasteiger partial charge in [0.2, 0.25) is 0 Å². The molecule has 0 fully saturated rings. The van der Waals surface area contributed by atoms with Crippen molar-refractivity contribution < 1.29 is 19.4 Å². The number of allylic oxidation sites excluding steroid dienone is 1. The molecule has 0 aliphatic heterocycles. The van der Waals surface area contributed by atoms with Crippen LogP contribution in [0.2, 0.25) is 0 Å². The van der Waals surface area contributed by atoms with Gasteiger partial charge in [0.15, 0.2) is 6.61 Å². The van der Waals surface area contributed by atoms with Gasteiger partial charge in [-0.25, -0.2) is 9.59 Å². The first-order valence-corrected chi connectivity index (χ1v) is 6.22. The van der Waals surface area contributed by atoms with Gasteiger partial charge in [0.25, 0.3) is 0 Å². The SMILES string of the molecule is C/C=C/CCNC(=O)Nc1ccc(OCC(=O)O)cc1. The lowest BCUT2D eigenvalue weighted by molar-refractivity contribution is -0.139. The molecular formula is C14H18N2O4. The molecule has 0 heterocycles. The number of amides is 2. The van der Waals surface area contributed by atoms with Gasteiger partial charge in [0.05, 0.1) is 0 Å². The van der Waals surface area contributed by atoms with E-state index in [0.29, 0.717) is 18.0 Å². The summed E-state index contributed by atoms with van der Waals surface area (Å²) in [6.07, 6.45) is 4.68. The molecule has 3 N–H and O–H groups in total. The number of benzene rings is 1. The third-order valence-corrected chi connectivity index (χ3v) is 2.31. The number of carbonyl (C=O) groups excluding carboxylic acids is 1. The number of hydrogen-bond donors (Lipinski definition) is 3. The Morgan fingerprint density at radius 3 is 2.60 bits per heavy atom. The Morgan fingerprint density at radius 2 is 2.00 bits per heavy atom. The minimum atomic E-state index is -1.03. The van der Waals surface area contributed by atoms with E-state index in [1.54, 1.807) is 24.3 Å². The van der Waals surface area contributed by atoms with E-state index in [4.69, 9.17) is 9.84 Å². The summed E-state index contributed by atoms with van der Waals surface area (Å²) >= 11 is 0. The van der Waals surface area contributed by atoms with Gasteiger partial charge in [0, 0.05) is 12.2 Å². The van der Waals surface area contributed by atoms with Crippen molar-refractivity contribution in [1.29, 1.82) is 0 Å². The summed E-state index contributed by atoms with van der Waals surface area (Å²) in [7, 11) is 0. The van der Waals surface area contributed by atoms with Crippen molar-refractivity contribution in [2.24, 2.45) is 0 Å². The van der Waals surface area contributed by atoms with Crippen LogP contribution in [-0.4, -0.2) is 30.3 Å². The van der Waals surface area contributed by atoms with Crippen molar-refractivity contribution in [3.63, 3.8) is 0 Å². The van der Waals surface area contributed by atoms with Crippen LogP contribution >= 0.6 is 0 Å². The third kappa shape index (κ3) is 6.44. The molecule has 6 heteroatoms. The second-order valence-electron chi connectivity index (χ2n) is 3.95. The van der Waals surface area contributed by atoms with Crippen LogP contribution in [0.5, 0.6) is 5.75 Å². The monoisotopic (exact) mass is 278 g/mol. The predicted octanol–water partition coefficient (Wildman–Crippen LogP) is 2.24. The van der Waals surface area contributed by atoms with Crippen LogP contribution < -0.4 is 15.4 Å². The molecule has 1 rings (SSSR count). The molecule has 20 heavy (non-hydrogen) atoms. The van der Waals surface area contributed by atoms with Crippen molar-refractivity contribution in [2.45, 2.75) is 13.3 Å². The number of nitrogens with one attached hydrogen (secondary N) is 2. The van der Waals surface area contributed by atoms with E-state index < -0.39 is 12.6 Å². The van der Waals surface area contributed by atoms with Gasteiger partial charge >= 0.3 is 12.0 Å². The summed E-state index contributed by atoms with van der Waals surface area (Å²) in [5, 5.41) is 13.8. The van der Waals surface area contributed by atoms with Gasteiger partial charge in [-0.2, -0.15) is 0 Å². The van der Waals surface area contributed by atoms with E-state index in [2.05, 4.69) is 10.6 Å². The summed E-state index contributed by atoms with van der Waals surface area (Å²) in [6.45, 7) is 2.10. The maximum atomic E-state index is 11.5. The van der Waals surface area contributed by atoms with E-state index in [1.807, 2.05) is 19.1 Å². The Morgan fingerprint density at radius 1 is 1.30 bits per heavy atom. The van der Waals surface area contributed by atoms with E-state index >= 15 is 0 Å². The maximum Gasteiger partial charge on any atom is 0.341 e. The Labute approximate surface area is 117 Å². The molecule has 1 aromatic rings. The zero-order valence-corrected chi connectivity index (χ0v) is 11.3. The van der Waals surface area contributed by atoms with Crippen LogP contribution in [0.15, 0.2) is 36.4 Å². The highest BCUT2D eigenvalue weighted by Crippen LogP contribution is 2.15. The van der Waals surface area contributed by atoms with Gasteiger partial charge in [0.1, 0.15) is 5.75 Å². The molecule has 0 bridgehead atoms. The van der Waals surface area contributed by atoms with Gasteiger partial charge in [-0.15, -0.1) is 0 Å². The Balaban J connectivity index is 2.36.